The molecule has 0 aliphatic carbocycles. The van der Waals surface area contributed by atoms with E-state index in [2.05, 4.69) is 15.8 Å². The average Bonchev–Trinajstić information content (AvgIpc) is 3.26. The fourth-order valence-electron chi connectivity index (χ4n) is 2.80. The van der Waals surface area contributed by atoms with Gasteiger partial charge in [0.2, 0.25) is 6.79 Å². The van der Waals surface area contributed by atoms with E-state index in [-0.39, 0.29) is 19.2 Å². The second kappa shape index (κ2) is 9.47. The van der Waals surface area contributed by atoms with Gasteiger partial charge in [-0.25, -0.2) is 5.43 Å². The summed E-state index contributed by atoms with van der Waals surface area (Å²) >= 11 is 0. The van der Waals surface area contributed by atoms with Crippen molar-refractivity contribution in [1.29, 1.82) is 0 Å². The Morgan fingerprint density at radius 2 is 1.80 bits per heavy atom. The molecule has 0 aromatic heterocycles. The number of ether oxygens (including phenoxy) is 3. The molecule has 152 valence electrons. The third kappa shape index (κ3) is 5.29. The Balaban J connectivity index is 1.20. The maximum Gasteiger partial charge on any atom is 0.259 e. The molecule has 0 unspecified atom stereocenters. The standard InChI is InChI=1S/C23H21N3O4/c27-23(14-24-19-8-11-21-22(12-19)30-16-29-21)26-25-13-17-6-9-20(10-7-17)28-15-18-4-2-1-3-5-18/h1-13,24H,14-16H2,(H,26,27)/b25-13+. The largest absolute Gasteiger partial charge is 0.489 e. The highest BCUT2D eigenvalue weighted by atomic mass is 16.7. The van der Waals surface area contributed by atoms with Gasteiger partial charge in [-0.15, -0.1) is 0 Å². The quantitative estimate of drug-likeness (QED) is 0.444. The number of rotatable bonds is 8. The predicted molar refractivity (Wildman–Crippen MR) is 114 cm³/mol. The van der Waals surface area contributed by atoms with Crippen molar-refractivity contribution in [2.24, 2.45) is 5.10 Å². The molecule has 1 aliphatic rings. The van der Waals surface area contributed by atoms with Gasteiger partial charge in [-0.2, -0.15) is 5.10 Å². The van der Waals surface area contributed by atoms with E-state index >= 15 is 0 Å². The highest BCUT2D eigenvalue weighted by Crippen LogP contribution is 2.34. The van der Waals surface area contributed by atoms with Gasteiger partial charge in [0, 0.05) is 11.8 Å². The van der Waals surface area contributed by atoms with Gasteiger partial charge in [-0.05, 0) is 47.5 Å². The van der Waals surface area contributed by atoms with Gasteiger partial charge in [-0.3, -0.25) is 4.79 Å². The van der Waals surface area contributed by atoms with Crippen LogP contribution in [0.1, 0.15) is 11.1 Å². The summed E-state index contributed by atoms with van der Waals surface area (Å²) in [5.41, 5.74) is 5.23. The van der Waals surface area contributed by atoms with Gasteiger partial charge in [0.05, 0.1) is 12.8 Å². The van der Waals surface area contributed by atoms with E-state index in [4.69, 9.17) is 14.2 Å². The van der Waals surface area contributed by atoms with E-state index in [1.165, 1.54) is 0 Å². The van der Waals surface area contributed by atoms with Crippen LogP contribution in [0.2, 0.25) is 0 Å². The number of carbonyl (C=O) groups excluding carboxylic acids is 1. The fourth-order valence-corrected chi connectivity index (χ4v) is 2.80. The molecule has 0 saturated heterocycles. The van der Waals surface area contributed by atoms with E-state index < -0.39 is 0 Å². The van der Waals surface area contributed by atoms with Gasteiger partial charge >= 0.3 is 0 Å². The summed E-state index contributed by atoms with van der Waals surface area (Å²) in [6.45, 7) is 0.818. The first-order chi connectivity index (χ1) is 14.8. The van der Waals surface area contributed by atoms with Crippen LogP contribution >= 0.6 is 0 Å². The molecule has 0 spiro atoms. The van der Waals surface area contributed by atoms with E-state index in [9.17, 15) is 4.79 Å². The molecule has 0 radical (unpaired) electrons. The fraction of sp³-hybridized carbons (Fsp3) is 0.130. The van der Waals surface area contributed by atoms with Gasteiger partial charge in [-0.1, -0.05) is 30.3 Å². The Kier molecular flexibility index (Phi) is 6.10. The van der Waals surface area contributed by atoms with E-state index in [0.717, 1.165) is 22.6 Å². The summed E-state index contributed by atoms with van der Waals surface area (Å²) in [6.07, 6.45) is 1.58. The minimum absolute atomic E-state index is 0.0866. The number of anilines is 1. The van der Waals surface area contributed by atoms with Crippen LogP contribution in [0.5, 0.6) is 17.2 Å². The van der Waals surface area contributed by atoms with Crippen molar-refractivity contribution in [2.75, 3.05) is 18.7 Å². The maximum absolute atomic E-state index is 12.0. The first-order valence-corrected chi connectivity index (χ1v) is 9.48. The minimum atomic E-state index is -0.258. The number of benzene rings is 3. The number of nitrogens with one attached hydrogen (secondary N) is 2. The Labute approximate surface area is 174 Å². The van der Waals surface area contributed by atoms with Crippen molar-refractivity contribution in [1.82, 2.24) is 5.43 Å². The number of amides is 1. The van der Waals surface area contributed by atoms with Crippen LogP contribution in [0.25, 0.3) is 0 Å². The van der Waals surface area contributed by atoms with Gasteiger partial charge in [0.1, 0.15) is 12.4 Å². The van der Waals surface area contributed by atoms with Crippen molar-refractivity contribution in [2.45, 2.75) is 6.61 Å². The highest BCUT2D eigenvalue weighted by Gasteiger charge is 2.13. The number of hydrogen-bond acceptors (Lipinski definition) is 6. The second-order valence-electron chi connectivity index (χ2n) is 6.56. The van der Waals surface area contributed by atoms with Crippen LogP contribution in [0.15, 0.2) is 77.9 Å². The first-order valence-electron chi connectivity index (χ1n) is 9.48. The third-order valence-electron chi connectivity index (χ3n) is 4.36. The van der Waals surface area contributed by atoms with Crippen molar-refractivity contribution < 1.29 is 19.0 Å². The lowest BCUT2D eigenvalue weighted by Gasteiger charge is -2.07. The molecule has 3 aromatic carbocycles. The number of nitrogens with zero attached hydrogens (tertiary/aromatic N) is 1. The molecule has 2 N–H and O–H groups in total. The number of fused-ring (bicyclic) bond motifs is 1. The second-order valence-corrected chi connectivity index (χ2v) is 6.56. The van der Waals surface area contributed by atoms with Gasteiger partial charge < -0.3 is 19.5 Å². The summed E-state index contributed by atoms with van der Waals surface area (Å²) in [5.74, 6) is 1.88. The summed E-state index contributed by atoms with van der Waals surface area (Å²) in [7, 11) is 0. The van der Waals surface area contributed by atoms with Crippen LogP contribution < -0.4 is 25.0 Å². The van der Waals surface area contributed by atoms with Crippen molar-refractivity contribution in [3.63, 3.8) is 0 Å². The molecule has 0 saturated carbocycles. The Hall–Kier alpha value is -4.00. The Bertz CT molecular complexity index is 1020. The molecule has 1 amide bonds. The normalized spacial score (nSPS) is 12.0. The summed E-state index contributed by atoms with van der Waals surface area (Å²) < 4.78 is 16.3. The number of hydrogen-bond donors (Lipinski definition) is 2. The van der Waals surface area contributed by atoms with Crippen molar-refractivity contribution in [3.8, 4) is 17.2 Å². The molecular formula is C23H21N3O4. The minimum Gasteiger partial charge on any atom is -0.489 e. The van der Waals surface area contributed by atoms with Gasteiger partial charge in [0.25, 0.3) is 5.91 Å². The molecular weight excluding hydrogens is 382 g/mol. The van der Waals surface area contributed by atoms with Crippen molar-refractivity contribution >= 4 is 17.8 Å². The van der Waals surface area contributed by atoms with Crippen LogP contribution in [0.3, 0.4) is 0 Å². The van der Waals surface area contributed by atoms with Gasteiger partial charge in [0.15, 0.2) is 11.5 Å². The first kappa shape index (κ1) is 19.3. The van der Waals surface area contributed by atoms with E-state index in [0.29, 0.717) is 18.1 Å². The van der Waals surface area contributed by atoms with Crippen LogP contribution in [-0.2, 0) is 11.4 Å². The highest BCUT2D eigenvalue weighted by molar-refractivity contribution is 5.84. The average molecular weight is 403 g/mol. The molecule has 0 fully saturated rings. The lowest BCUT2D eigenvalue weighted by Crippen LogP contribution is -2.25. The van der Waals surface area contributed by atoms with E-state index in [1.54, 1.807) is 18.3 Å². The summed E-state index contributed by atoms with van der Waals surface area (Å²) in [4.78, 5) is 12.0. The SMILES string of the molecule is O=C(CNc1ccc2c(c1)OCO2)N/N=C/c1ccc(OCc2ccccc2)cc1. The lowest BCUT2D eigenvalue weighted by atomic mass is 10.2. The number of carbonyl (C=O) groups is 1. The molecule has 3 aromatic rings. The van der Waals surface area contributed by atoms with Crippen LogP contribution in [0, 0.1) is 0 Å². The van der Waals surface area contributed by atoms with E-state index in [1.807, 2.05) is 60.7 Å². The number of hydrazone groups is 1. The molecule has 0 bridgehead atoms. The smallest absolute Gasteiger partial charge is 0.259 e. The molecule has 0 atom stereocenters. The monoisotopic (exact) mass is 403 g/mol. The Morgan fingerprint density at radius 3 is 2.63 bits per heavy atom. The molecule has 1 heterocycles. The van der Waals surface area contributed by atoms with Crippen molar-refractivity contribution in [3.05, 3.63) is 83.9 Å². The zero-order chi connectivity index (χ0) is 20.6. The maximum atomic E-state index is 12.0. The van der Waals surface area contributed by atoms with Crippen LogP contribution in [-0.4, -0.2) is 25.5 Å². The molecule has 7 nitrogen and oxygen atoms in total. The lowest BCUT2D eigenvalue weighted by molar-refractivity contribution is -0.119. The molecule has 7 heteroatoms. The topological polar surface area (TPSA) is 81.2 Å². The zero-order valence-corrected chi connectivity index (χ0v) is 16.2. The molecule has 1 aliphatic heterocycles. The molecule has 30 heavy (non-hydrogen) atoms. The summed E-state index contributed by atoms with van der Waals surface area (Å²) in [5, 5.41) is 7.00. The zero-order valence-electron chi connectivity index (χ0n) is 16.2. The third-order valence-corrected chi connectivity index (χ3v) is 4.36. The summed E-state index contributed by atoms with van der Waals surface area (Å²) in [6, 6.07) is 22.9. The molecule has 4 rings (SSSR count). The van der Waals surface area contributed by atoms with Crippen LogP contribution in [0.4, 0.5) is 5.69 Å². The predicted octanol–water partition coefficient (Wildman–Crippen LogP) is 3.56. The Morgan fingerprint density at radius 1 is 1.00 bits per heavy atom.